The Balaban J connectivity index is 2.16. The molecule has 0 saturated carbocycles. The highest BCUT2D eigenvalue weighted by Crippen LogP contribution is 2.26. The number of carbonyl (C=O) groups is 1. The van der Waals surface area contributed by atoms with Crippen LogP contribution in [0.15, 0.2) is 6.33 Å². The zero-order valence-corrected chi connectivity index (χ0v) is 10.3. The molecule has 1 amide bonds. The summed E-state index contributed by atoms with van der Waals surface area (Å²) in [5, 5.41) is 2.68. The fraction of sp³-hybridized carbons (Fsp3) is 0.444. The predicted molar refractivity (Wildman–Crippen MR) is 63.0 cm³/mol. The summed E-state index contributed by atoms with van der Waals surface area (Å²) >= 11 is 11.5. The highest BCUT2D eigenvalue weighted by Gasteiger charge is 2.38. The SMILES string of the molecule is NC1(C(=O)Nc2ncnc(Cl)c2Cl)CCOC1. The molecule has 3 N–H and O–H groups in total. The van der Waals surface area contributed by atoms with Crippen molar-refractivity contribution in [1.82, 2.24) is 9.97 Å². The molecule has 1 aromatic heterocycles. The normalized spacial score (nSPS) is 23.7. The topological polar surface area (TPSA) is 90.1 Å². The number of nitrogens with zero attached hydrogens (tertiary/aromatic N) is 2. The van der Waals surface area contributed by atoms with E-state index in [1.54, 1.807) is 0 Å². The maximum atomic E-state index is 11.9. The molecule has 0 radical (unpaired) electrons. The summed E-state index contributed by atoms with van der Waals surface area (Å²) in [6.45, 7) is 0.636. The van der Waals surface area contributed by atoms with E-state index in [-0.39, 0.29) is 22.6 Å². The molecule has 2 heterocycles. The van der Waals surface area contributed by atoms with E-state index in [0.29, 0.717) is 13.0 Å². The van der Waals surface area contributed by atoms with Gasteiger partial charge in [0.1, 0.15) is 16.9 Å². The Morgan fingerprint density at radius 1 is 1.53 bits per heavy atom. The van der Waals surface area contributed by atoms with Crippen LogP contribution in [0.25, 0.3) is 0 Å². The van der Waals surface area contributed by atoms with Gasteiger partial charge in [0.05, 0.1) is 6.61 Å². The summed E-state index contributed by atoms with van der Waals surface area (Å²) in [7, 11) is 0. The Morgan fingerprint density at radius 2 is 2.29 bits per heavy atom. The summed E-state index contributed by atoms with van der Waals surface area (Å²) in [5.74, 6) is -0.250. The molecule has 1 atom stereocenters. The van der Waals surface area contributed by atoms with E-state index < -0.39 is 11.4 Å². The minimum atomic E-state index is -1.04. The molecule has 0 aliphatic carbocycles. The third-order valence-electron chi connectivity index (χ3n) is 2.48. The second kappa shape index (κ2) is 4.73. The molecule has 0 spiro atoms. The fourth-order valence-corrected chi connectivity index (χ4v) is 1.71. The largest absolute Gasteiger partial charge is 0.379 e. The number of anilines is 1. The van der Waals surface area contributed by atoms with Crippen molar-refractivity contribution in [2.75, 3.05) is 18.5 Å². The summed E-state index contributed by atoms with van der Waals surface area (Å²) in [4.78, 5) is 19.4. The van der Waals surface area contributed by atoms with Gasteiger partial charge in [-0.1, -0.05) is 23.2 Å². The van der Waals surface area contributed by atoms with Crippen LogP contribution in [0.5, 0.6) is 0 Å². The van der Waals surface area contributed by atoms with Crippen molar-refractivity contribution in [3.05, 3.63) is 16.5 Å². The summed E-state index contributed by atoms with van der Waals surface area (Å²) < 4.78 is 5.10. The maximum Gasteiger partial charge on any atom is 0.248 e. The molecule has 1 aliphatic rings. The van der Waals surface area contributed by atoms with Crippen LogP contribution in [-0.2, 0) is 9.53 Å². The Morgan fingerprint density at radius 3 is 2.94 bits per heavy atom. The van der Waals surface area contributed by atoms with Crippen LogP contribution in [0.1, 0.15) is 6.42 Å². The lowest BCUT2D eigenvalue weighted by atomic mass is 9.99. The van der Waals surface area contributed by atoms with Gasteiger partial charge in [0.15, 0.2) is 11.0 Å². The van der Waals surface area contributed by atoms with E-state index in [1.165, 1.54) is 6.33 Å². The summed E-state index contributed by atoms with van der Waals surface area (Å²) in [6.07, 6.45) is 1.66. The van der Waals surface area contributed by atoms with Crippen LogP contribution < -0.4 is 11.1 Å². The lowest BCUT2D eigenvalue weighted by molar-refractivity contribution is -0.121. The molecular weight excluding hydrogens is 267 g/mol. The van der Waals surface area contributed by atoms with E-state index in [9.17, 15) is 4.79 Å². The van der Waals surface area contributed by atoms with Crippen LogP contribution in [0, 0.1) is 0 Å². The van der Waals surface area contributed by atoms with Crippen LogP contribution in [0.3, 0.4) is 0 Å². The summed E-state index contributed by atoms with van der Waals surface area (Å²) in [6, 6.07) is 0. The van der Waals surface area contributed by atoms with E-state index in [4.69, 9.17) is 33.7 Å². The molecule has 1 fully saturated rings. The van der Waals surface area contributed by atoms with Crippen molar-refractivity contribution in [3.8, 4) is 0 Å². The average Bonchev–Trinajstić information content (AvgIpc) is 2.73. The van der Waals surface area contributed by atoms with Crippen LogP contribution in [-0.4, -0.2) is 34.6 Å². The number of rotatable bonds is 2. The number of halogens is 2. The number of nitrogens with one attached hydrogen (secondary N) is 1. The third-order valence-corrected chi connectivity index (χ3v) is 3.22. The van der Waals surface area contributed by atoms with Crippen molar-refractivity contribution in [3.63, 3.8) is 0 Å². The van der Waals surface area contributed by atoms with Crippen LogP contribution >= 0.6 is 23.2 Å². The van der Waals surface area contributed by atoms with Gasteiger partial charge in [0.25, 0.3) is 0 Å². The van der Waals surface area contributed by atoms with Crippen molar-refractivity contribution in [2.45, 2.75) is 12.0 Å². The van der Waals surface area contributed by atoms with Crippen molar-refractivity contribution < 1.29 is 9.53 Å². The van der Waals surface area contributed by atoms with Gasteiger partial charge < -0.3 is 15.8 Å². The van der Waals surface area contributed by atoms with Crippen molar-refractivity contribution in [1.29, 1.82) is 0 Å². The monoisotopic (exact) mass is 276 g/mol. The predicted octanol–water partition coefficient (Wildman–Crippen LogP) is 0.840. The Hall–Kier alpha value is -0.950. The van der Waals surface area contributed by atoms with E-state index in [2.05, 4.69) is 15.3 Å². The smallest absolute Gasteiger partial charge is 0.248 e. The van der Waals surface area contributed by atoms with Gasteiger partial charge in [-0.15, -0.1) is 0 Å². The standard InChI is InChI=1S/C9H10Cl2N4O2/c10-5-6(11)13-4-14-7(5)15-8(16)9(12)1-2-17-3-9/h4H,1-3,12H2,(H,13,14,15,16). The first-order valence-electron chi connectivity index (χ1n) is 4.87. The lowest BCUT2D eigenvalue weighted by Crippen LogP contribution is -2.51. The van der Waals surface area contributed by atoms with E-state index in [1.807, 2.05) is 0 Å². The van der Waals surface area contributed by atoms with Gasteiger partial charge in [-0.05, 0) is 6.42 Å². The molecule has 8 heteroatoms. The molecule has 17 heavy (non-hydrogen) atoms. The number of nitrogens with two attached hydrogens (primary N) is 1. The van der Waals surface area contributed by atoms with Gasteiger partial charge in [-0.25, -0.2) is 9.97 Å². The molecule has 1 aliphatic heterocycles. The highest BCUT2D eigenvalue weighted by molar-refractivity contribution is 6.43. The molecule has 2 rings (SSSR count). The zero-order chi connectivity index (χ0) is 12.5. The van der Waals surface area contributed by atoms with Crippen LogP contribution in [0.4, 0.5) is 5.82 Å². The van der Waals surface area contributed by atoms with Gasteiger partial charge in [0.2, 0.25) is 5.91 Å². The van der Waals surface area contributed by atoms with E-state index >= 15 is 0 Å². The van der Waals surface area contributed by atoms with E-state index in [0.717, 1.165) is 0 Å². The number of ether oxygens (including phenoxy) is 1. The molecule has 0 aromatic carbocycles. The Kier molecular flexibility index (Phi) is 3.48. The second-order valence-electron chi connectivity index (χ2n) is 3.74. The highest BCUT2D eigenvalue weighted by atomic mass is 35.5. The first-order chi connectivity index (χ1) is 8.03. The minimum absolute atomic E-state index is 0.0747. The van der Waals surface area contributed by atoms with Gasteiger partial charge in [0, 0.05) is 6.61 Å². The lowest BCUT2D eigenvalue weighted by Gasteiger charge is -2.20. The number of carbonyl (C=O) groups excluding carboxylic acids is 1. The first kappa shape index (κ1) is 12.5. The third kappa shape index (κ3) is 2.50. The Bertz CT molecular complexity index is 449. The minimum Gasteiger partial charge on any atom is -0.379 e. The molecule has 1 saturated heterocycles. The van der Waals surface area contributed by atoms with Gasteiger partial charge in [-0.3, -0.25) is 4.79 Å². The van der Waals surface area contributed by atoms with Gasteiger partial charge in [-0.2, -0.15) is 0 Å². The number of hydrogen-bond acceptors (Lipinski definition) is 5. The maximum absolute atomic E-state index is 11.9. The molecule has 6 nitrogen and oxygen atoms in total. The average molecular weight is 277 g/mol. The molecule has 1 aromatic rings. The molecule has 1 unspecified atom stereocenters. The quantitative estimate of drug-likeness (QED) is 0.782. The Labute approximate surface area is 107 Å². The molecule has 0 bridgehead atoms. The number of hydrogen-bond donors (Lipinski definition) is 2. The van der Waals surface area contributed by atoms with Crippen LogP contribution in [0.2, 0.25) is 10.2 Å². The van der Waals surface area contributed by atoms with Crippen molar-refractivity contribution >= 4 is 34.9 Å². The van der Waals surface area contributed by atoms with Gasteiger partial charge >= 0.3 is 0 Å². The number of amides is 1. The second-order valence-corrected chi connectivity index (χ2v) is 4.48. The number of aromatic nitrogens is 2. The molecule has 92 valence electrons. The fourth-order valence-electron chi connectivity index (χ4n) is 1.43. The first-order valence-corrected chi connectivity index (χ1v) is 5.62. The van der Waals surface area contributed by atoms with Crippen molar-refractivity contribution in [2.24, 2.45) is 5.73 Å². The zero-order valence-electron chi connectivity index (χ0n) is 8.74. The molecular formula is C9H10Cl2N4O2. The summed E-state index contributed by atoms with van der Waals surface area (Å²) in [5.41, 5.74) is 4.84.